The van der Waals surface area contributed by atoms with E-state index in [0.717, 1.165) is 19.4 Å². The maximum Gasteiger partial charge on any atom is 0.0741 e. The maximum atomic E-state index is 5.62. The Labute approximate surface area is 82.0 Å². The zero-order chi connectivity index (χ0) is 10.3. The maximum absolute atomic E-state index is 5.62. The molecule has 3 unspecified atom stereocenters. The van der Waals surface area contributed by atoms with Gasteiger partial charge in [0.05, 0.1) is 6.10 Å². The molecular weight excluding hydrogens is 164 g/mol. The lowest BCUT2D eigenvalue weighted by Crippen LogP contribution is -2.48. The van der Waals surface area contributed by atoms with Crippen molar-refractivity contribution in [1.29, 1.82) is 0 Å². The van der Waals surface area contributed by atoms with E-state index in [1.165, 1.54) is 0 Å². The van der Waals surface area contributed by atoms with E-state index in [4.69, 9.17) is 10.6 Å². The van der Waals surface area contributed by atoms with Gasteiger partial charge in [0.15, 0.2) is 0 Å². The van der Waals surface area contributed by atoms with Crippen molar-refractivity contribution >= 4 is 0 Å². The minimum absolute atomic E-state index is 0.241. The second kappa shape index (κ2) is 7.30. The summed E-state index contributed by atoms with van der Waals surface area (Å²) in [6.07, 6.45) is 2.37. The lowest BCUT2D eigenvalue weighted by molar-refractivity contribution is 0.0167. The van der Waals surface area contributed by atoms with Crippen molar-refractivity contribution < 1.29 is 4.74 Å². The van der Waals surface area contributed by atoms with Crippen LogP contribution in [-0.4, -0.2) is 18.8 Å². The van der Waals surface area contributed by atoms with Gasteiger partial charge in [-0.1, -0.05) is 27.2 Å². The van der Waals surface area contributed by atoms with Gasteiger partial charge in [-0.3, -0.25) is 11.3 Å². The summed E-state index contributed by atoms with van der Waals surface area (Å²) in [6, 6.07) is 0.273. The van der Waals surface area contributed by atoms with E-state index in [1.54, 1.807) is 0 Å². The molecule has 3 N–H and O–H groups in total. The third kappa shape index (κ3) is 4.07. The van der Waals surface area contributed by atoms with Gasteiger partial charge in [0.2, 0.25) is 0 Å². The third-order valence-electron chi connectivity index (χ3n) is 2.63. The molecule has 0 aliphatic carbocycles. The van der Waals surface area contributed by atoms with Gasteiger partial charge in [0.1, 0.15) is 0 Å². The Balaban J connectivity index is 4.15. The Hall–Kier alpha value is -0.120. The van der Waals surface area contributed by atoms with E-state index in [9.17, 15) is 0 Å². The molecule has 0 amide bonds. The predicted octanol–water partition coefficient (Wildman–Crippen LogP) is 1.68. The molecule has 0 aromatic rings. The molecule has 0 fully saturated rings. The molecule has 0 radical (unpaired) electrons. The molecule has 3 nitrogen and oxygen atoms in total. The standard InChI is InChI=1S/C10H24N2O/c1-5-8(4)10(12-11)9(6-2)13-7-3/h8-10,12H,5-7,11H2,1-4H3. The molecule has 0 aliphatic heterocycles. The van der Waals surface area contributed by atoms with Crippen LogP contribution >= 0.6 is 0 Å². The molecule has 0 bridgehead atoms. The normalized spacial score (nSPS) is 18.2. The van der Waals surface area contributed by atoms with Crippen LogP contribution in [0.1, 0.15) is 40.5 Å². The number of hydrazine groups is 1. The van der Waals surface area contributed by atoms with Crippen LogP contribution in [0.4, 0.5) is 0 Å². The van der Waals surface area contributed by atoms with Gasteiger partial charge < -0.3 is 4.74 Å². The lowest BCUT2D eigenvalue weighted by atomic mass is 9.93. The fourth-order valence-electron chi connectivity index (χ4n) is 1.58. The van der Waals surface area contributed by atoms with Crippen LogP contribution in [-0.2, 0) is 4.74 Å². The van der Waals surface area contributed by atoms with Crippen molar-refractivity contribution in [1.82, 2.24) is 5.43 Å². The monoisotopic (exact) mass is 188 g/mol. The number of nitrogens with one attached hydrogen (secondary N) is 1. The molecule has 0 aromatic carbocycles. The van der Waals surface area contributed by atoms with Crippen molar-refractivity contribution in [2.75, 3.05) is 6.61 Å². The number of hydrogen-bond acceptors (Lipinski definition) is 3. The van der Waals surface area contributed by atoms with E-state index in [0.29, 0.717) is 5.92 Å². The van der Waals surface area contributed by atoms with Crippen LogP contribution in [0.5, 0.6) is 0 Å². The smallest absolute Gasteiger partial charge is 0.0741 e. The van der Waals surface area contributed by atoms with Crippen molar-refractivity contribution in [3.63, 3.8) is 0 Å². The van der Waals surface area contributed by atoms with E-state index in [-0.39, 0.29) is 12.1 Å². The molecule has 3 heteroatoms. The van der Waals surface area contributed by atoms with Crippen LogP contribution in [0.3, 0.4) is 0 Å². The number of nitrogens with two attached hydrogens (primary N) is 1. The molecule has 0 heterocycles. The Morgan fingerprint density at radius 3 is 2.15 bits per heavy atom. The summed E-state index contributed by atoms with van der Waals surface area (Å²) in [4.78, 5) is 0. The highest BCUT2D eigenvalue weighted by Gasteiger charge is 2.23. The highest BCUT2D eigenvalue weighted by atomic mass is 16.5. The number of ether oxygens (including phenoxy) is 1. The van der Waals surface area contributed by atoms with Gasteiger partial charge in [0, 0.05) is 12.6 Å². The van der Waals surface area contributed by atoms with Crippen molar-refractivity contribution in [3.05, 3.63) is 0 Å². The van der Waals surface area contributed by atoms with Crippen LogP contribution in [0.2, 0.25) is 0 Å². The fourth-order valence-corrected chi connectivity index (χ4v) is 1.58. The molecular formula is C10H24N2O. The van der Waals surface area contributed by atoms with Crippen LogP contribution in [0.25, 0.3) is 0 Å². The molecule has 0 rings (SSSR count). The van der Waals surface area contributed by atoms with Gasteiger partial charge in [0.25, 0.3) is 0 Å². The molecule has 0 saturated carbocycles. The summed E-state index contributed by atoms with van der Waals surface area (Å²) in [7, 11) is 0. The first-order valence-electron chi connectivity index (χ1n) is 5.28. The second-order valence-electron chi connectivity index (χ2n) is 3.48. The summed E-state index contributed by atoms with van der Waals surface area (Å²) in [5, 5.41) is 0. The summed E-state index contributed by atoms with van der Waals surface area (Å²) >= 11 is 0. The summed E-state index contributed by atoms with van der Waals surface area (Å²) < 4.78 is 5.62. The molecule has 0 spiro atoms. The van der Waals surface area contributed by atoms with Crippen molar-refractivity contribution in [2.24, 2.45) is 11.8 Å². The summed E-state index contributed by atoms with van der Waals surface area (Å²) in [5.41, 5.74) is 2.86. The van der Waals surface area contributed by atoms with E-state index >= 15 is 0 Å². The second-order valence-corrected chi connectivity index (χ2v) is 3.48. The summed E-state index contributed by atoms with van der Waals surface area (Å²) in [5.74, 6) is 6.08. The number of rotatable bonds is 7. The highest BCUT2D eigenvalue weighted by molar-refractivity contribution is 4.78. The predicted molar refractivity (Wildman–Crippen MR) is 56.3 cm³/mol. The van der Waals surface area contributed by atoms with E-state index < -0.39 is 0 Å². The highest BCUT2D eigenvalue weighted by Crippen LogP contribution is 2.15. The molecule has 0 saturated heterocycles. The Bertz CT molecular complexity index is 119. The Morgan fingerprint density at radius 1 is 1.23 bits per heavy atom. The molecule has 13 heavy (non-hydrogen) atoms. The van der Waals surface area contributed by atoms with Crippen LogP contribution < -0.4 is 11.3 Å². The topological polar surface area (TPSA) is 47.3 Å². The zero-order valence-electron chi connectivity index (χ0n) is 9.34. The third-order valence-corrected chi connectivity index (χ3v) is 2.63. The van der Waals surface area contributed by atoms with Gasteiger partial charge in [-0.2, -0.15) is 0 Å². The van der Waals surface area contributed by atoms with E-state index in [1.807, 2.05) is 6.92 Å². The molecule has 0 aromatic heterocycles. The molecule has 0 aliphatic rings. The average molecular weight is 188 g/mol. The SMILES string of the molecule is CCOC(CC)C(NN)C(C)CC. The number of hydrogen-bond donors (Lipinski definition) is 2. The van der Waals surface area contributed by atoms with Crippen molar-refractivity contribution in [2.45, 2.75) is 52.7 Å². The van der Waals surface area contributed by atoms with Crippen LogP contribution in [0.15, 0.2) is 0 Å². The first kappa shape index (κ1) is 12.9. The van der Waals surface area contributed by atoms with Gasteiger partial charge in [-0.15, -0.1) is 0 Å². The average Bonchev–Trinajstić information content (AvgIpc) is 2.17. The Morgan fingerprint density at radius 2 is 1.85 bits per heavy atom. The fraction of sp³-hybridized carbons (Fsp3) is 1.00. The summed E-state index contributed by atoms with van der Waals surface area (Å²) in [6.45, 7) is 9.28. The molecule has 80 valence electrons. The van der Waals surface area contributed by atoms with E-state index in [2.05, 4.69) is 26.2 Å². The Kier molecular flexibility index (Phi) is 7.23. The van der Waals surface area contributed by atoms with Crippen molar-refractivity contribution in [3.8, 4) is 0 Å². The first-order valence-corrected chi connectivity index (χ1v) is 5.28. The minimum Gasteiger partial charge on any atom is -0.377 e. The zero-order valence-corrected chi connectivity index (χ0v) is 9.34. The van der Waals surface area contributed by atoms with Gasteiger partial charge >= 0.3 is 0 Å². The largest absolute Gasteiger partial charge is 0.377 e. The quantitative estimate of drug-likeness (QED) is 0.472. The lowest BCUT2D eigenvalue weighted by Gasteiger charge is -2.29. The minimum atomic E-state index is 0.241. The van der Waals surface area contributed by atoms with Gasteiger partial charge in [-0.05, 0) is 19.3 Å². The molecule has 3 atom stereocenters. The van der Waals surface area contributed by atoms with Gasteiger partial charge in [-0.25, -0.2) is 0 Å². The van der Waals surface area contributed by atoms with Crippen LogP contribution in [0, 0.1) is 5.92 Å². The first-order chi connectivity index (χ1) is 6.21.